The zero-order valence-corrected chi connectivity index (χ0v) is 20.7. The van der Waals surface area contributed by atoms with Crippen molar-refractivity contribution >= 4 is 17.7 Å². The average molecular weight is 492 g/mol. The highest BCUT2D eigenvalue weighted by Gasteiger charge is 2.42. The summed E-state index contributed by atoms with van der Waals surface area (Å²) in [5, 5.41) is 5.76. The molecule has 0 aromatic heterocycles. The molecule has 8 nitrogen and oxygen atoms in total. The van der Waals surface area contributed by atoms with Crippen LogP contribution in [0.5, 0.6) is 5.75 Å². The van der Waals surface area contributed by atoms with E-state index in [1.165, 1.54) is 6.07 Å². The van der Waals surface area contributed by atoms with Gasteiger partial charge in [-0.05, 0) is 57.6 Å². The van der Waals surface area contributed by atoms with E-state index in [1.54, 1.807) is 30.0 Å². The number of nitrogens with one attached hydrogen (secondary N) is 2. The van der Waals surface area contributed by atoms with Crippen LogP contribution in [-0.4, -0.2) is 68.1 Å². The molecule has 194 valence electrons. The van der Waals surface area contributed by atoms with Crippen molar-refractivity contribution in [1.82, 2.24) is 15.5 Å². The Kier molecular flexibility index (Phi) is 10.3. The molecule has 0 unspecified atom stereocenters. The van der Waals surface area contributed by atoms with Crippen molar-refractivity contribution < 1.29 is 28.2 Å². The number of rotatable bonds is 5. The summed E-state index contributed by atoms with van der Waals surface area (Å²) < 4.78 is 24.7. The third-order valence-electron chi connectivity index (χ3n) is 6.88. The second kappa shape index (κ2) is 13.4. The Hall–Kier alpha value is -2.68. The maximum Gasteiger partial charge on any atom is 0.242 e. The summed E-state index contributed by atoms with van der Waals surface area (Å²) in [4.78, 5) is 40.1. The smallest absolute Gasteiger partial charge is 0.242 e. The van der Waals surface area contributed by atoms with E-state index >= 15 is 0 Å². The number of para-hydroxylation sites is 1. The van der Waals surface area contributed by atoms with Gasteiger partial charge >= 0.3 is 0 Å². The maximum absolute atomic E-state index is 13.6. The van der Waals surface area contributed by atoms with Gasteiger partial charge in [-0.2, -0.15) is 0 Å². The first kappa shape index (κ1) is 26.9. The van der Waals surface area contributed by atoms with Crippen molar-refractivity contribution in [2.45, 2.75) is 64.3 Å². The van der Waals surface area contributed by atoms with E-state index in [0.717, 1.165) is 19.3 Å². The van der Waals surface area contributed by atoms with E-state index in [2.05, 4.69) is 10.6 Å². The molecule has 2 aliphatic heterocycles. The zero-order chi connectivity index (χ0) is 25.1. The molecule has 9 heteroatoms. The number of ether oxygens (including phenoxy) is 2. The van der Waals surface area contributed by atoms with Crippen molar-refractivity contribution in [3.63, 3.8) is 0 Å². The molecule has 2 saturated heterocycles. The summed E-state index contributed by atoms with van der Waals surface area (Å²) in [5.41, 5.74) is -0.594. The summed E-state index contributed by atoms with van der Waals surface area (Å²) in [6, 6.07) is 5.59. The van der Waals surface area contributed by atoms with Crippen molar-refractivity contribution in [2.24, 2.45) is 5.41 Å². The highest BCUT2D eigenvalue weighted by atomic mass is 19.1. The van der Waals surface area contributed by atoms with Crippen LogP contribution < -0.4 is 15.4 Å². The number of hydrogen-bond acceptors (Lipinski definition) is 5. The van der Waals surface area contributed by atoms with Gasteiger partial charge in [0.15, 0.2) is 11.6 Å². The zero-order valence-electron chi connectivity index (χ0n) is 20.7. The van der Waals surface area contributed by atoms with Crippen LogP contribution in [0.15, 0.2) is 24.3 Å². The summed E-state index contributed by atoms with van der Waals surface area (Å²) in [7, 11) is 0. The summed E-state index contributed by atoms with van der Waals surface area (Å²) in [5.74, 6) is -0.522. The van der Waals surface area contributed by atoms with Crippen LogP contribution in [0.25, 0.3) is 0 Å². The molecule has 0 aliphatic carbocycles. The largest absolute Gasteiger partial charge is 0.491 e. The van der Waals surface area contributed by atoms with Gasteiger partial charge in [0.25, 0.3) is 0 Å². The number of nitrogens with zero attached hydrogens (tertiary/aromatic N) is 1. The van der Waals surface area contributed by atoms with Crippen molar-refractivity contribution in [2.75, 3.05) is 39.5 Å². The van der Waals surface area contributed by atoms with Crippen LogP contribution in [0.4, 0.5) is 4.39 Å². The molecule has 0 radical (unpaired) electrons. The van der Waals surface area contributed by atoms with Crippen LogP contribution in [0.1, 0.15) is 58.3 Å². The molecule has 1 aromatic carbocycles. The first-order valence-electron chi connectivity index (χ1n) is 12.7. The first-order chi connectivity index (χ1) is 16.9. The second-order valence-electron chi connectivity index (χ2n) is 9.45. The molecule has 2 N–H and O–H groups in total. The quantitative estimate of drug-likeness (QED) is 0.618. The predicted molar refractivity (Wildman–Crippen MR) is 129 cm³/mol. The number of piperidine rings is 1. The topological polar surface area (TPSA) is 97.0 Å². The van der Waals surface area contributed by atoms with Crippen LogP contribution in [0.3, 0.4) is 0 Å². The molecule has 1 atom stereocenters. The summed E-state index contributed by atoms with van der Waals surface area (Å²) in [6.45, 7) is 4.72. The van der Waals surface area contributed by atoms with Crippen LogP contribution in [0.2, 0.25) is 0 Å². The number of benzene rings is 1. The normalized spacial score (nSPS) is 22.1. The van der Waals surface area contributed by atoms with Crippen LogP contribution >= 0.6 is 0 Å². The van der Waals surface area contributed by atoms with Gasteiger partial charge in [0.2, 0.25) is 17.7 Å². The van der Waals surface area contributed by atoms with Crippen LogP contribution in [-0.2, 0) is 19.1 Å². The lowest BCUT2D eigenvalue weighted by Crippen LogP contribution is -2.54. The Morgan fingerprint density at radius 1 is 1.14 bits per heavy atom. The van der Waals surface area contributed by atoms with E-state index in [0.29, 0.717) is 65.0 Å². The molecule has 2 fully saturated rings. The van der Waals surface area contributed by atoms with E-state index in [-0.39, 0.29) is 30.1 Å². The predicted octanol–water partition coefficient (Wildman–Crippen LogP) is 2.81. The Balaban J connectivity index is 1.51. The molecule has 2 heterocycles. The van der Waals surface area contributed by atoms with Gasteiger partial charge in [-0.3, -0.25) is 14.4 Å². The van der Waals surface area contributed by atoms with E-state index in [4.69, 9.17) is 9.47 Å². The van der Waals surface area contributed by atoms with E-state index in [1.807, 2.05) is 0 Å². The molecule has 3 amide bonds. The molecule has 2 aliphatic rings. The van der Waals surface area contributed by atoms with Crippen molar-refractivity contribution in [3.8, 4) is 5.75 Å². The number of amides is 3. The first-order valence-corrected chi connectivity index (χ1v) is 12.7. The number of carbonyl (C=O) groups excluding carboxylic acids is 3. The van der Waals surface area contributed by atoms with Crippen LogP contribution in [0, 0.1) is 11.2 Å². The Morgan fingerprint density at radius 2 is 1.89 bits per heavy atom. The summed E-state index contributed by atoms with van der Waals surface area (Å²) >= 11 is 0. The Morgan fingerprint density at radius 3 is 2.66 bits per heavy atom. The average Bonchev–Trinajstić information content (AvgIpc) is 2.86. The van der Waals surface area contributed by atoms with E-state index < -0.39 is 17.3 Å². The Labute approximate surface area is 206 Å². The van der Waals surface area contributed by atoms with E-state index in [9.17, 15) is 18.8 Å². The minimum atomic E-state index is -0.614. The fourth-order valence-corrected chi connectivity index (χ4v) is 4.62. The molecule has 0 bridgehead atoms. The number of hydrogen-bond donors (Lipinski definition) is 2. The third kappa shape index (κ3) is 7.92. The molecule has 35 heavy (non-hydrogen) atoms. The molecule has 0 saturated carbocycles. The third-order valence-corrected chi connectivity index (χ3v) is 6.88. The fraction of sp³-hybridized carbons (Fsp3) is 0.654. The Bertz CT molecular complexity index is 857. The van der Waals surface area contributed by atoms with Gasteiger partial charge in [0.1, 0.15) is 6.04 Å². The highest BCUT2D eigenvalue weighted by Crippen LogP contribution is 2.37. The van der Waals surface area contributed by atoms with Gasteiger partial charge < -0.3 is 25.0 Å². The molecule has 1 aromatic rings. The number of halogens is 1. The number of carbonyl (C=O) groups is 3. The van der Waals surface area contributed by atoms with Gasteiger partial charge in [-0.25, -0.2) is 4.39 Å². The minimum Gasteiger partial charge on any atom is -0.491 e. The molecular weight excluding hydrogens is 453 g/mol. The standard InChI is InChI=1S/C26H38FN3O5/c1-20-24(32)28-14-7-18-34-17-5-4-11-26(25(33)29-20)12-15-30(16-13-26)23(31)10-6-19-35-22-9-3-2-8-21(22)27/h2-3,8-9,20H,4-7,10-19H2,1H3,(H,28,32)(H,29,33)/t20-/m0/s1. The fourth-order valence-electron chi connectivity index (χ4n) is 4.62. The van der Waals surface area contributed by atoms with Gasteiger partial charge in [0.05, 0.1) is 12.0 Å². The highest BCUT2D eigenvalue weighted by molar-refractivity contribution is 5.90. The number of likely N-dealkylation sites (tertiary alicyclic amines) is 1. The lowest BCUT2D eigenvalue weighted by molar-refractivity contribution is -0.142. The lowest BCUT2D eigenvalue weighted by Gasteiger charge is -2.41. The maximum atomic E-state index is 13.6. The van der Waals surface area contributed by atoms with Gasteiger partial charge in [-0.15, -0.1) is 0 Å². The second-order valence-corrected chi connectivity index (χ2v) is 9.45. The van der Waals surface area contributed by atoms with Gasteiger partial charge in [-0.1, -0.05) is 18.6 Å². The molecule has 3 rings (SSSR count). The molecule has 1 spiro atoms. The molecular formula is C26H38FN3O5. The SMILES string of the molecule is C[C@@H]1NC(=O)C2(CCCCOCCCNC1=O)CCN(C(=O)CCCOc1ccccc1F)CC2. The lowest BCUT2D eigenvalue weighted by atomic mass is 9.73. The summed E-state index contributed by atoms with van der Waals surface area (Å²) in [6.07, 6.45) is 5.10. The van der Waals surface area contributed by atoms with Crippen molar-refractivity contribution in [3.05, 3.63) is 30.1 Å². The minimum absolute atomic E-state index is 0.0134. The van der Waals surface area contributed by atoms with Gasteiger partial charge in [0, 0.05) is 39.3 Å². The van der Waals surface area contributed by atoms with Crippen molar-refractivity contribution in [1.29, 1.82) is 0 Å². The monoisotopic (exact) mass is 491 g/mol.